The highest BCUT2D eigenvalue weighted by molar-refractivity contribution is 6.02. The predicted octanol–water partition coefficient (Wildman–Crippen LogP) is 2.35. The molecule has 2 saturated carbocycles. The molecule has 0 bridgehead atoms. The molecule has 0 aromatic heterocycles. The van der Waals surface area contributed by atoms with Crippen molar-refractivity contribution < 1.29 is 24.5 Å². The van der Waals surface area contributed by atoms with Crippen molar-refractivity contribution >= 4 is 11.6 Å². The summed E-state index contributed by atoms with van der Waals surface area (Å²) < 4.78 is 5.80. The Labute approximate surface area is 160 Å². The minimum absolute atomic E-state index is 0.0776. The summed E-state index contributed by atoms with van der Waals surface area (Å²) in [6.45, 7) is 10.3. The third-order valence-electron chi connectivity index (χ3n) is 8.15. The molecule has 0 amide bonds. The minimum atomic E-state index is -0.998. The summed E-state index contributed by atoms with van der Waals surface area (Å²) in [7, 11) is 0. The second kappa shape index (κ2) is 5.85. The highest BCUT2D eigenvalue weighted by Crippen LogP contribution is 2.63. The molecule has 3 aliphatic carbocycles. The zero-order valence-corrected chi connectivity index (χ0v) is 16.5. The molecule has 1 aliphatic heterocycles. The standard InChI is InChI=1S/C22H30O5/c1-12-5-6-15-20(2,3)16(24)7-8-21(15,4)14(12)10-22-17(25)9-13(11-23)18(26)19(22)27-22/h9,14-15,18-19,23,26H,1,5-8,10-11H2,2-4H3/t14-,15-,18+,19-,21+,22+/m0/s1. The maximum absolute atomic E-state index is 12.8. The van der Waals surface area contributed by atoms with Crippen molar-refractivity contribution in [3.05, 3.63) is 23.8 Å². The molecule has 27 heavy (non-hydrogen) atoms. The number of fused-ring (bicyclic) bond motifs is 2. The lowest BCUT2D eigenvalue weighted by atomic mass is 9.46. The topological polar surface area (TPSA) is 87.1 Å². The van der Waals surface area contributed by atoms with Gasteiger partial charge in [-0.1, -0.05) is 32.9 Å². The van der Waals surface area contributed by atoms with Gasteiger partial charge >= 0.3 is 0 Å². The van der Waals surface area contributed by atoms with E-state index in [9.17, 15) is 19.8 Å². The van der Waals surface area contributed by atoms with E-state index in [4.69, 9.17) is 4.74 Å². The number of ether oxygens (including phenoxy) is 1. The van der Waals surface area contributed by atoms with Crippen molar-refractivity contribution in [3.63, 3.8) is 0 Å². The van der Waals surface area contributed by atoms with Crippen LogP contribution in [0.1, 0.15) is 52.9 Å². The van der Waals surface area contributed by atoms with Crippen LogP contribution in [-0.2, 0) is 14.3 Å². The van der Waals surface area contributed by atoms with E-state index in [1.165, 1.54) is 6.08 Å². The van der Waals surface area contributed by atoms with Crippen LogP contribution in [-0.4, -0.2) is 46.2 Å². The molecule has 1 heterocycles. The number of hydrogen-bond acceptors (Lipinski definition) is 5. The number of carbonyl (C=O) groups excluding carboxylic acids is 2. The van der Waals surface area contributed by atoms with Crippen molar-refractivity contribution in [1.82, 2.24) is 0 Å². The normalized spacial score (nSPS) is 45.8. The molecule has 3 fully saturated rings. The number of hydrogen-bond donors (Lipinski definition) is 2. The van der Waals surface area contributed by atoms with Crippen LogP contribution in [0.15, 0.2) is 23.8 Å². The van der Waals surface area contributed by atoms with Crippen LogP contribution >= 0.6 is 0 Å². The van der Waals surface area contributed by atoms with Gasteiger partial charge in [-0.15, -0.1) is 0 Å². The quantitative estimate of drug-likeness (QED) is 0.585. The molecule has 6 atom stereocenters. The summed E-state index contributed by atoms with van der Waals surface area (Å²) in [4.78, 5) is 25.4. The SMILES string of the molecule is C=C1CC[C@H]2C(C)(C)C(=O)CC[C@]2(C)[C@H]1C[C@]12O[C@H]1[C@H](O)C(CO)=CC2=O. The van der Waals surface area contributed by atoms with Crippen LogP contribution in [0.4, 0.5) is 0 Å². The number of aliphatic hydroxyl groups is 2. The number of carbonyl (C=O) groups is 2. The van der Waals surface area contributed by atoms with Gasteiger partial charge in [0.1, 0.15) is 18.0 Å². The molecular weight excluding hydrogens is 344 g/mol. The van der Waals surface area contributed by atoms with E-state index >= 15 is 0 Å². The fourth-order valence-electron chi connectivity index (χ4n) is 6.34. The fraction of sp³-hybridized carbons (Fsp3) is 0.727. The Bertz CT molecular complexity index is 750. The van der Waals surface area contributed by atoms with E-state index < -0.39 is 17.8 Å². The van der Waals surface area contributed by atoms with Crippen molar-refractivity contribution in [3.8, 4) is 0 Å². The summed E-state index contributed by atoms with van der Waals surface area (Å²) in [5.41, 5.74) is -0.0179. The first-order valence-corrected chi connectivity index (χ1v) is 10.0. The molecule has 4 rings (SSSR count). The number of aliphatic hydroxyl groups excluding tert-OH is 2. The van der Waals surface area contributed by atoms with Gasteiger partial charge in [-0.3, -0.25) is 9.59 Å². The average Bonchev–Trinajstić information content (AvgIpc) is 3.35. The van der Waals surface area contributed by atoms with Gasteiger partial charge in [-0.05, 0) is 54.6 Å². The molecule has 0 aromatic rings. The molecule has 5 nitrogen and oxygen atoms in total. The molecule has 4 aliphatic rings. The molecule has 5 heteroatoms. The van der Waals surface area contributed by atoms with Gasteiger partial charge in [-0.25, -0.2) is 0 Å². The van der Waals surface area contributed by atoms with Gasteiger partial charge in [0.05, 0.1) is 6.61 Å². The highest BCUT2D eigenvalue weighted by Gasteiger charge is 2.69. The molecule has 0 aromatic carbocycles. The first kappa shape index (κ1) is 19.0. The lowest BCUT2D eigenvalue weighted by Crippen LogP contribution is -2.54. The maximum atomic E-state index is 12.8. The summed E-state index contributed by atoms with van der Waals surface area (Å²) >= 11 is 0. The minimum Gasteiger partial charge on any atom is -0.392 e. The zero-order chi connectivity index (χ0) is 19.8. The first-order chi connectivity index (χ1) is 12.6. The van der Waals surface area contributed by atoms with E-state index in [2.05, 4.69) is 27.4 Å². The van der Waals surface area contributed by atoms with Gasteiger partial charge in [0.25, 0.3) is 0 Å². The van der Waals surface area contributed by atoms with Crippen LogP contribution in [0.5, 0.6) is 0 Å². The number of Topliss-reactive ketones (excluding diaryl/α,β-unsaturated/α-hetero) is 1. The van der Waals surface area contributed by atoms with Crippen molar-refractivity contribution in [1.29, 1.82) is 0 Å². The summed E-state index contributed by atoms with van der Waals surface area (Å²) in [5, 5.41) is 19.8. The smallest absolute Gasteiger partial charge is 0.190 e. The number of epoxide rings is 1. The molecule has 0 radical (unpaired) electrons. The summed E-state index contributed by atoms with van der Waals surface area (Å²) in [6, 6.07) is 0. The Morgan fingerprint density at radius 2 is 1.96 bits per heavy atom. The molecule has 0 unspecified atom stereocenters. The van der Waals surface area contributed by atoms with Crippen LogP contribution in [0, 0.1) is 22.7 Å². The molecule has 1 saturated heterocycles. The van der Waals surface area contributed by atoms with Gasteiger partial charge < -0.3 is 14.9 Å². The van der Waals surface area contributed by atoms with Crippen molar-refractivity contribution in [2.24, 2.45) is 22.7 Å². The Hall–Kier alpha value is -1.30. The second-order valence-corrected chi connectivity index (χ2v) is 9.77. The molecule has 148 valence electrons. The third-order valence-corrected chi connectivity index (χ3v) is 8.15. The molecular formula is C22H30O5. The third kappa shape index (κ3) is 2.48. The fourth-order valence-corrected chi connectivity index (χ4v) is 6.34. The van der Waals surface area contributed by atoms with Gasteiger partial charge in [0.2, 0.25) is 0 Å². The van der Waals surface area contributed by atoms with Gasteiger partial charge in [-0.2, -0.15) is 0 Å². The lowest BCUT2D eigenvalue weighted by molar-refractivity contribution is -0.145. The van der Waals surface area contributed by atoms with Crippen LogP contribution in [0.25, 0.3) is 0 Å². The summed E-state index contributed by atoms with van der Waals surface area (Å²) in [6.07, 6.45) is 3.52. The van der Waals surface area contributed by atoms with E-state index in [1.807, 2.05) is 0 Å². The second-order valence-electron chi connectivity index (χ2n) is 9.77. The van der Waals surface area contributed by atoms with E-state index in [0.717, 1.165) is 24.8 Å². The molecule has 2 N–H and O–H groups in total. The largest absolute Gasteiger partial charge is 0.392 e. The average molecular weight is 374 g/mol. The summed E-state index contributed by atoms with van der Waals surface area (Å²) in [5.74, 6) is 0.498. The zero-order valence-electron chi connectivity index (χ0n) is 16.5. The van der Waals surface area contributed by atoms with Crippen LogP contribution in [0.2, 0.25) is 0 Å². The van der Waals surface area contributed by atoms with Gasteiger partial charge in [0, 0.05) is 11.8 Å². The Balaban J connectivity index is 1.66. The number of rotatable bonds is 3. The van der Waals surface area contributed by atoms with E-state index in [-0.39, 0.29) is 35.1 Å². The Morgan fingerprint density at radius 3 is 2.63 bits per heavy atom. The van der Waals surface area contributed by atoms with E-state index in [1.54, 1.807) is 0 Å². The van der Waals surface area contributed by atoms with Crippen molar-refractivity contribution in [2.45, 2.75) is 70.7 Å². The van der Waals surface area contributed by atoms with Crippen LogP contribution < -0.4 is 0 Å². The Kier molecular flexibility index (Phi) is 4.12. The van der Waals surface area contributed by atoms with Crippen LogP contribution in [0.3, 0.4) is 0 Å². The van der Waals surface area contributed by atoms with Gasteiger partial charge in [0.15, 0.2) is 11.4 Å². The number of ketones is 2. The monoisotopic (exact) mass is 374 g/mol. The predicted molar refractivity (Wildman–Crippen MR) is 99.9 cm³/mol. The lowest BCUT2D eigenvalue weighted by Gasteiger charge is -2.57. The first-order valence-electron chi connectivity index (χ1n) is 10.0. The Morgan fingerprint density at radius 1 is 1.26 bits per heavy atom. The van der Waals surface area contributed by atoms with Crippen molar-refractivity contribution in [2.75, 3.05) is 6.61 Å². The maximum Gasteiger partial charge on any atom is 0.190 e. The molecule has 0 spiro atoms. The highest BCUT2D eigenvalue weighted by atomic mass is 16.6. The number of allylic oxidation sites excluding steroid dienone is 1. The van der Waals surface area contributed by atoms with E-state index in [0.29, 0.717) is 24.2 Å².